The van der Waals surface area contributed by atoms with E-state index in [1.807, 2.05) is 0 Å². The van der Waals surface area contributed by atoms with E-state index in [1.54, 1.807) is 0 Å². The van der Waals surface area contributed by atoms with Gasteiger partial charge in [-0.3, -0.25) is 4.90 Å². The molecule has 4 rings (SSSR count). The van der Waals surface area contributed by atoms with Gasteiger partial charge in [0.25, 0.3) is 0 Å². The van der Waals surface area contributed by atoms with Gasteiger partial charge in [0.05, 0.1) is 0 Å². The second-order valence-corrected chi connectivity index (χ2v) is 6.57. The van der Waals surface area contributed by atoms with Gasteiger partial charge >= 0.3 is 0 Å². The lowest BCUT2D eigenvalue weighted by molar-refractivity contribution is -0.0268. The summed E-state index contributed by atoms with van der Waals surface area (Å²) in [6, 6.07) is 2.40. The monoisotopic (exact) mass is 251 g/mol. The van der Waals surface area contributed by atoms with Crippen LogP contribution in [0.4, 0.5) is 0 Å². The zero-order chi connectivity index (χ0) is 12.5. The summed E-state index contributed by atoms with van der Waals surface area (Å²) in [6.45, 7) is 11.2. The highest BCUT2D eigenvalue weighted by Crippen LogP contribution is 2.34. The Balaban J connectivity index is 1.60. The molecule has 0 aromatic heterocycles. The van der Waals surface area contributed by atoms with Crippen LogP contribution in [0.1, 0.15) is 39.5 Å². The standard InChI is InChI=1S/C15H29N3/c1-3-16-14-6-9-18(12(2)10-14)15-11-17-7-4-13(15)5-8-17/h12-16H,3-11H2,1-2H3. The largest absolute Gasteiger partial charge is 0.314 e. The molecule has 2 bridgehead atoms. The minimum absolute atomic E-state index is 0.766. The molecule has 1 N–H and O–H groups in total. The maximum Gasteiger partial charge on any atom is 0.0255 e. The molecule has 3 nitrogen and oxygen atoms in total. The summed E-state index contributed by atoms with van der Waals surface area (Å²) in [7, 11) is 0. The first-order valence-electron chi connectivity index (χ1n) is 7.99. The van der Waals surface area contributed by atoms with Gasteiger partial charge in [-0.2, -0.15) is 0 Å². The van der Waals surface area contributed by atoms with Gasteiger partial charge < -0.3 is 10.2 Å². The molecule has 0 amide bonds. The molecule has 0 spiro atoms. The lowest BCUT2D eigenvalue weighted by Gasteiger charge is -2.52. The summed E-state index contributed by atoms with van der Waals surface area (Å²) < 4.78 is 0. The third-order valence-electron chi connectivity index (χ3n) is 5.47. The molecule has 0 aromatic rings. The SMILES string of the molecule is CCNC1CCN(C2CN3CCC2CC3)C(C)C1. The van der Waals surface area contributed by atoms with Gasteiger partial charge in [0, 0.05) is 31.2 Å². The number of hydrogen-bond acceptors (Lipinski definition) is 3. The number of fused-ring (bicyclic) bond motifs is 3. The van der Waals surface area contributed by atoms with E-state index >= 15 is 0 Å². The average molecular weight is 251 g/mol. The maximum absolute atomic E-state index is 3.64. The average Bonchev–Trinajstić information content (AvgIpc) is 2.40. The van der Waals surface area contributed by atoms with Crippen LogP contribution in [0.15, 0.2) is 0 Å². The van der Waals surface area contributed by atoms with Crippen LogP contribution < -0.4 is 5.32 Å². The number of hydrogen-bond donors (Lipinski definition) is 1. The molecule has 0 aromatic carbocycles. The van der Waals surface area contributed by atoms with Gasteiger partial charge in [-0.25, -0.2) is 0 Å². The van der Waals surface area contributed by atoms with Crippen LogP contribution >= 0.6 is 0 Å². The highest BCUT2D eigenvalue weighted by molar-refractivity contribution is 4.96. The fourth-order valence-electron chi connectivity index (χ4n) is 4.47. The molecule has 0 radical (unpaired) electrons. The second kappa shape index (κ2) is 5.48. The Hall–Kier alpha value is -0.120. The van der Waals surface area contributed by atoms with Crippen LogP contribution in [0.25, 0.3) is 0 Å². The second-order valence-electron chi connectivity index (χ2n) is 6.57. The van der Waals surface area contributed by atoms with Crippen LogP contribution in [0.5, 0.6) is 0 Å². The molecule has 4 aliphatic rings. The van der Waals surface area contributed by atoms with Crippen molar-refractivity contribution in [1.82, 2.24) is 15.1 Å². The molecule has 3 unspecified atom stereocenters. The third-order valence-corrected chi connectivity index (χ3v) is 5.47. The molecule has 0 aliphatic carbocycles. The van der Waals surface area contributed by atoms with Crippen molar-refractivity contribution in [2.75, 3.05) is 32.7 Å². The lowest BCUT2D eigenvalue weighted by Crippen LogP contribution is -2.61. The topological polar surface area (TPSA) is 18.5 Å². The van der Waals surface area contributed by atoms with Crippen molar-refractivity contribution in [3.8, 4) is 0 Å². The Labute approximate surface area is 112 Å². The lowest BCUT2D eigenvalue weighted by atomic mass is 9.81. The molecule has 104 valence electrons. The first kappa shape index (κ1) is 12.9. The van der Waals surface area contributed by atoms with Crippen LogP contribution in [-0.4, -0.2) is 60.6 Å². The van der Waals surface area contributed by atoms with E-state index in [0.29, 0.717) is 0 Å². The molecule has 4 heterocycles. The van der Waals surface area contributed by atoms with Crippen molar-refractivity contribution >= 4 is 0 Å². The summed E-state index contributed by atoms with van der Waals surface area (Å²) in [5.74, 6) is 0.994. The Morgan fingerprint density at radius 2 is 1.89 bits per heavy atom. The molecule has 4 aliphatic heterocycles. The van der Waals surface area contributed by atoms with E-state index in [0.717, 1.165) is 30.6 Å². The van der Waals surface area contributed by atoms with E-state index in [1.165, 1.54) is 51.9 Å². The zero-order valence-electron chi connectivity index (χ0n) is 12.1. The minimum Gasteiger partial charge on any atom is -0.314 e. The van der Waals surface area contributed by atoms with Gasteiger partial charge in [-0.15, -0.1) is 0 Å². The normalized spacial score (nSPS) is 45.3. The van der Waals surface area contributed by atoms with E-state index in [2.05, 4.69) is 29.0 Å². The fraction of sp³-hybridized carbons (Fsp3) is 1.00. The van der Waals surface area contributed by atoms with Crippen molar-refractivity contribution in [1.29, 1.82) is 0 Å². The van der Waals surface area contributed by atoms with Gasteiger partial charge in [0.1, 0.15) is 0 Å². The number of piperidine rings is 4. The minimum atomic E-state index is 0.766. The summed E-state index contributed by atoms with van der Waals surface area (Å²) >= 11 is 0. The number of rotatable bonds is 3. The quantitative estimate of drug-likeness (QED) is 0.821. The first-order valence-corrected chi connectivity index (χ1v) is 7.99. The predicted molar refractivity (Wildman–Crippen MR) is 75.8 cm³/mol. The number of nitrogens with one attached hydrogen (secondary N) is 1. The first-order chi connectivity index (χ1) is 8.78. The van der Waals surface area contributed by atoms with Crippen LogP contribution in [0, 0.1) is 5.92 Å². The van der Waals surface area contributed by atoms with Crippen molar-refractivity contribution in [3.63, 3.8) is 0 Å². The summed E-state index contributed by atoms with van der Waals surface area (Å²) in [5, 5.41) is 3.64. The van der Waals surface area contributed by atoms with E-state index in [4.69, 9.17) is 0 Å². The van der Waals surface area contributed by atoms with Gasteiger partial charge in [0.15, 0.2) is 0 Å². The highest BCUT2D eigenvalue weighted by atomic mass is 15.3. The summed E-state index contributed by atoms with van der Waals surface area (Å²) in [6.07, 6.45) is 5.59. The molecule has 4 fully saturated rings. The van der Waals surface area contributed by atoms with Crippen molar-refractivity contribution < 1.29 is 0 Å². The van der Waals surface area contributed by atoms with Gasteiger partial charge in [0.2, 0.25) is 0 Å². The van der Waals surface area contributed by atoms with Crippen molar-refractivity contribution in [2.45, 2.75) is 57.7 Å². The summed E-state index contributed by atoms with van der Waals surface area (Å²) in [5.41, 5.74) is 0. The fourth-order valence-corrected chi connectivity index (χ4v) is 4.47. The molecule has 18 heavy (non-hydrogen) atoms. The molecule has 3 heteroatoms. The Morgan fingerprint density at radius 3 is 2.44 bits per heavy atom. The molecule has 3 atom stereocenters. The zero-order valence-corrected chi connectivity index (χ0v) is 12.1. The number of nitrogens with zero attached hydrogens (tertiary/aromatic N) is 2. The third kappa shape index (κ3) is 2.45. The van der Waals surface area contributed by atoms with E-state index in [9.17, 15) is 0 Å². The van der Waals surface area contributed by atoms with Crippen LogP contribution in [-0.2, 0) is 0 Å². The van der Waals surface area contributed by atoms with Crippen LogP contribution in [0.3, 0.4) is 0 Å². The van der Waals surface area contributed by atoms with Crippen molar-refractivity contribution in [2.24, 2.45) is 5.92 Å². The smallest absolute Gasteiger partial charge is 0.0255 e. The Morgan fingerprint density at radius 1 is 1.11 bits per heavy atom. The Kier molecular flexibility index (Phi) is 3.92. The molecule has 4 saturated heterocycles. The van der Waals surface area contributed by atoms with E-state index < -0.39 is 0 Å². The van der Waals surface area contributed by atoms with Crippen LogP contribution in [0.2, 0.25) is 0 Å². The predicted octanol–water partition coefficient (Wildman–Crippen LogP) is 1.54. The molecular weight excluding hydrogens is 222 g/mol. The Bertz CT molecular complexity index is 273. The van der Waals surface area contributed by atoms with Crippen molar-refractivity contribution in [3.05, 3.63) is 0 Å². The summed E-state index contributed by atoms with van der Waals surface area (Å²) in [4.78, 5) is 5.53. The molecule has 0 saturated carbocycles. The highest BCUT2D eigenvalue weighted by Gasteiger charge is 2.40. The van der Waals surface area contributed by atoms with Gasteiger partial charge in [-0.1, -0.05) is 6.92 Å². The maximum atomic E-state index is 3.64. The van der Waals surface area contributed by atoms with Gasteiger partial charge in [-0.05, 0) is 58.2 Å². The van der Waals surface area contributed by atoms with E-state index in [-0.39, 0.29) is 0 Å². The number of likely N-dealkylation sites (tertiary alicyclic amines) is 1. The molecular formula is C15H29N3.